The van der Waals surface area contributed by atoms with Gasteiger partial charge in [0.25, 0.3) is 5.69 Å². The van der Waals surface area contributed by atoms with Gasteiger partial charge in [-0.15, -0.1) is 0 Å². The van der Waals surface area contributed by atoms with Crippen LogP contribution in [0.3, 0.4) is 0 Å². The molecule has 0 aliphatic carbocycles. The van der Waals surface area contributed by atoms with Gasteiger partial charge >= 0.3 is 0 Å². The smallest absolute Gasteiger partial charge is 0.293 e. The number of nitro benzene ring substituents is 1. The van der Waals surface area contributed by atoms with E-state index in [4.69, 9.17) is 0 Å². The first-order valence-corrected chi connectivity index (χ1v) is 7.66. The molecule has 0 unspecified atom stereocenters. The topological polar surface area (TPSA) is 88.0 Å². The highest BCUT2D eigenvalue weighted by Gasteiger charge is 2.18. The van der Waals surface area contributed by atoms with Crippen molar-refractivity contribution >= 4 is 28.2 Å². The van der Waals surface area contributed by atoms with Gasteiger partial charge in [0.2, 0.25) is 5.91 Å². The molecule has 3 rings (SSSR count). The summed E-state index contributed by atoms with van der Waals surface area (Å²) < 4.78 is 0. The minimum atomic E-state index is -0.379. The zero-order chi connectivity index (χ0) is 17.3. The molecule has 0 saturated heterocycles. The summed E-state index contributed by atoms with van der Waals surface area (Å²) in [6.07, 6.45) is 0.761. The number of aryl methyl sites for hydroxylation is 1. The third kappa shape index (κ3) is 2.86. The van der Waals surface area contributed by atoms with E-state index >= 15 is 0 Å². The Hall–Kier alpha value is -3.15. The molecule has 0 fully saturated rings. The lowest BCUT2D eigenvalue weighted by atomic mass is 10.00. The van der Waals surface area contributed by atoms with Crippen molar-refractivity contribution in [1.29, 1.82) is 0 Å². The summed E-state index contributed by atoms with van der Waals surface area (Å²) in [4.78, 5) is 25.3. The zero-order valence-corrected chi connectivity index (χ0v) is 13.4. The van der Waals surface area contributed by atoms with Gasteiger partial charge in [0.1, 0.15) is 5.52 Å². The molecule has 0 saturated carbocycles. The molecule has 0 aliphatic rings. The molecule has 2 N–H and O–H groups in total. The summed E-state index contributed by atoms with van der Waals surface area (Å²) in [5.41, 5.74) is 4.00. The van der Waals surface area contributed by atoms with Crippen LogP contribution in [0.15, 0.2) is 42.5 Å². The Morgan fingerprint density at radius 3 is 2.71 bits per heavy atom. The Kier molecular flexibility index (Phi) is 4.04. The first-order valence-electron chi connectivity index (χ1n) is 7.66. The van der Waals surface area contributed by atoms with Crippen LogP contribution in [0.25, 0.3) is 22.0 Å². The van der Waals surface area contributed by atoms with Gasteiger partial charge in [0, 0.05) is 29.8 Å². The third-order valence-electron chi connectivity index (χ3n) is 3.90. The predicted molar refractivity (Wildman–Crippen MR) is 94.1 cm³/mol. The van der Waals surface area contributed by atoms with Crippen molar-refractivity contribution in [2.75, 3.05) is 5.32 Å². The molecule has 0 bridgehead atoms. The normalized spacial score (nSPS) is 10.8. The van der Waals surface area contributed by atoms with Gasteiger partial charge in [-0.25, -0.2) is 0 Å². The van der Waals surface area contributed by atoms with Crippen LogP contribution in [0.1, 0.15) is 19.5 Å². The second-order valence-electron chi connectivity index (χ2n) is 5.59. The average Bonchev–Trinajstić information content (AvgIpc) is 2.97. The predicted octanol–water partition coefficient (Wildman–Crippen LogP) is 4.26. The van der Waals surface area contributed by atoms with E-state index < -0.39 is 0 Å². The number of nitro groups is 1. The van der Waals surface area contributed by atoms with Crippen molar-refractivity contribution in [3.63, 3.8) is 0 Å². The molecule has 0 aliphatic heterocycles. The molecule has 0 spiro atoms. The largest absolute Gasteiger partial charge is 0.353 e. The van der Waals surface area contributed by atoms with E-state index in [1.54, 1.807) is 6.07 Å². The Bertz CT molecular complexity index is 944. The van der Waals surface area contributed by atoms with Gasteiger partial charge in [0.05, 0.1) is 4.92 Å². The van der Waals surface area contributed by atoms with Crippen LogP contribution in [-0.2, 0) is 11.2 Å². The number of fused-ring (bicyclic) bond motifs is 1. The summed E-state index contributed by atoms with van der Waals surface area (Å²) in [5.74, 6) is -0.143. The Labute approximate surface area is 138 Å². The number of rotatable bonds is 4. The third-order valence-corrected chi connectivity index (χ3v) is 3.90. The van der Waals surface area contributed by atoms with Crippen molar-refractivity contribution in [2.24, 2.45) is 0 Å². The lowest BCUT2D eigenvalue weighted by Gasteiger charge is -2.07. The van der Waals surface area contributed by atoms with Crippen LogP contribution < -0.4 is 5.32 Å². The second kappa shape index (κ2) is 6.16. The molecular formula is C18H17N3O3. The van der Waals surface area contributed by atoms with Crippen molar-refractivity contribution in [3.8, 4) is 11.1 Å². The number of carbonyl (C=O) groups is 1. The molecule has 2 aromatic carbocycles. The van der Waals surface area contributed by atoms with Gasteiger partial charge < -0.3 is 10.3 Å². The number of amides is 1. The van der Waals surface area contributed by atoms with Crippen LogP contribution in [-0.4, -0.2) is 15.8 Å². The summed E-state index contributed by atoms with van der Waals surface area (Å²) in [6.45, 7) is 3.45. The maximum atomic E-state index is 11.3. The number of anilines is 1. The number of carbonyl (C=O) groups excluding carboxylic acids is 1. The number of non-ortho nitro benzene ring substituents is 1. The molecule has 0 atom stereocenters. The first-order chi connectivity index (χ1) is 11.5. The van der Waals surface area contributed by atoms with E-state index in [0.29, 0.717) is 11.2 Å². The number of aromatic amines is 1. The Morgan fingerprint density at radius 1 is 1.25 bits per heavy atom. The number of nitrogens with one attached hydrogen (secondary N) is 2. The van der Waals surface area contributed by atoms with Crippen molar-refractivity contribution in [3.05, 3.63) is 58.3 Å². The molecule has 122 valence electrons. The van der Waals surface area contributed by atoms with Gasteiger partial charge in [0.15, 0.2) is 0 Å². The maximum absolute atomic E-state index is 11.3. The van der Waals surface area contributed by atoms with Crippen LogP contribution >= 0.6 is 0 Å². The van der Waals surface area contributed by atoms with Gasteiger partial charge in [-0.3, -0.25) is 14.9 Å². The van der Waals surface area contributed by atoms with E-state index in [9.17, 15) is 14.9 Å². The Balaban J connectivity index is 2.20. The van der Waals surface area contributed by atoms with E-state index in [2.05, 4.69) is 10.3 Å². The molecule has 6 heteroatoms. The summed E-state index contributed by atoms with van der Waals surface area (Å²) in [6, 6.07) is 12.6. The lowest BCUT2D eigenvalue weighted by Crippen LogP contribution is -2.05. The number of H-pyrrole nitrogens is 1. The highest BCUT2D eigenvalue weighted by atomic mass is 16.6. The molecule has 1 amide bonds. The highest BCUT2D eigenvalue weighted by molar-refractivity contribution is 6.01. The minimum absolute atomic E-state index is 0.0615. The molecule has 3 aromatic rings. The first kappa shape index (κ1) is 15.7. The fourth-order valence-corrected chi connectivity index (χ4v) is 2.82. The number of hydrogen-bond donors (Lipinski definition) is 2. The quantitative estimate of drug-likeness (QED) is 0.555. The highest BCUT2D eigenvalue weighted by Crippen LogP contribution is 2.35. The van der Waals surface area contributed by atoms with E-state index in [1.165, 1.54) is 13.0 Å². The summed E-state index contributed by atoms with van der Waals surface area (Å²) >= 11 is 0. The van der Waals surface area contributed by atoms with Gasteiger partial charge in [-0.1, -0.05) is 19.1 Å². The maximum Gasteiger partial charge on any atom is 0.293 e. The minimum Gasteiger partial charge on any atom is -0.353 e. The van der Waals surface area contributed by atoms with Gasteiger partial charge in [-0.05, 0) is 41.8 Å². The monoisotopic (exact) mass is 323 g/mol. The van der Waals surface area contributed by atoms with Crippen molar-refractivity contribution < 1.29 is 9.72 Å². The average molecular weight is 323 g/mol. The van der Waals surface area contributed by atoms with Crippen LogP contribution in [0.4, 0.5) is 11.4 Å². The van der Waals surface area contributed by atoms with Crippen LogP contribution in [0, 0.1) is 10.1 Å². The fraction of sp³-hybridized carbons (Fsp3) is 0.167. The second-order valence-corrected chi connectivity index (χ2v) is 5.59. The number of hydrogen-bond acceptors (Lipinski definition) is 3. The van der Waals surface area contributed by atoms with Crippen molar-refractivity contribution in [1.82, 2.24) is 4.98 Å². The van der Waals surface area contributed by atoms with E-state index in [-0.39, 0.29) is 16.5 Å². The zero-order valence-electron chi connectivity index (χ0n) is 13.4. The fourth-order valence-electron chi connectivity index (χ4n) is 2.82. The number of benzene rings is 2. The number of aromatic nitrogens is 1. The molecule has 6 nitrogen and oxygen atoms in total. The standard InChI is InChI=1S/C18H17N3O3/c1-3-13-10-16-15(7-8-17(21(23)24)18(16)20-13)12-5-4-6-14(9-12)19-11(2)22/h4-10,20H,3H2,1-2H3,(H,19,22). The molecular weight excluding hydrogens is 306 g/mol. The SMILES string of the molecule is CCc1cc2c(-c3cccc(NC(C)=O)c3)ccc([N+](=O)[O-])c2[nH]1. The molecule has 0 radical (unpaired) electrons. The lowest BCUT2D eigenvalue weighted by molar-refractivity contribution is -0.383. The number of nitrogens with zero attached hydrogens (tertiary/aromatic N) is 1. The molecule has 1 heterocycles. The summed E-state index contributed by atoms with van der Waals surface area (Å²) in [7, 11) is 0. The van der Waals surface area contributed by atoms with Crippen LogP contribution in [0.5, 0.6) is 0 Å². The van der Waals surface area contributed by atoms with Crippen molar-refractivity contribution in [2.45, 2.75) is 20.3 Å². The van der Waals surface area contributed by atoms with E-state index in [1.807, 2.05) is 37.3 Å². The van der Waals surface area contributed by atoms with E-state index in [0.717, 1.165) is 28.6 Å². The Morgan fingerprint density at radius 2 is 2.04 bits per heavy atom. The van der Waals surface area contributed by atoms with Crippen LogP contribution in [0.2, 0.25) is 0 Å². The molecule has 24 heavy (non-hydrogen) atoms. The summed E-state index contributed by atoms with van der Waals surface area (Å²) in [5, 5.41) is 14.8. The van der Waals surface area contributed by atoms with Gasteiger partial charge in [-0.2, -0.15) is 0 Å². The molecule has 1 aromatic heterocycles.